The zero-order valence-electron chi connectivity index (χ0n) is 12.6. The highest BCUT2D eigenvalue weighted by molar-refractivity contribution is 6.31. The minimum Gasteiger partial charge on any atom is -0.370 e. The van der Waals surface area contributed by atoms with Gasteiger partial charge in [0, 0.05) is 23.7 Å². The second-order valence-electron chi connectivity index (χ2n) is 5.26. The standard InChI is InChI=1S/C15H18ClFN4O/c1-3-21-10(2)18-19-15(21)20-6-7-22-14(9-20)12-5-4-11(17)8-13(12)16/h4-5,8,14H,3,6-7,9H2,1-2H3. The van der Waals surface area contributed by atoms with E-state index in [2.05, 4.69) is 26.6 Å². The molecule has 5 nitrogen and oxygen atoms in total. The van der Waals surface area contributed by atoms with Gasteiger partial charge in [-0.15, -0.1) is 10.2 Å². The summed E-state index contributed by atoms with van der Waals surface area (Å²) in [7, 11) is 0. The Bertz CT molecular complexity index is 676. The summed E-state index contributed by atoms with van der Waals surface area (Å²) in [5.41, 5.74) is 0.798. The lowest BCUT2D eigenvalue weighted by Gasteiger charge is -2.34. The molecule has 1 aliphatic heterocycles. The molecule has 7 heteroatoms. The molecule has 0 amide bonds. The van der Waals surface area contributed by atoms with Gasteiger partial charge >= 0.3 is 0 Å². The van der Waals surface area contributed by atoms with Crippen molar-refractivity contribution < 1.29 is 9.13 Å². The summed E-state index contributed by atoms with van der Waals surface area (Å²) in [6.07, 6.45) is -0.204. The topological polar surface area (TPSA) is 43.2 Å². The number of nitrogens with zero attached hydrogens (tertiary/aromatic N) is 4. The summed E-state index contributed by atoms with van der Waals surface area (Å²) in [5.74, 6) is 1.38. The van der Waals surface area contributed by atoms with E-state index in [1.807, 2.05) is 6.92 Å². The zero-order valence-corrected chi connectivity index (χ0v) is 13.3. The number of ether oxygens (including phenoxy) is 1. The molecule has 0 saturated carbocycles. The van der Waals surface area contributed by atoms with E-state index in [9.17, 15) is 4.39 Å². The minimum atomic E-state index is -0.345. The number of hydrogen-bond acceptors (Lipinski definition) is 4. The Morgan fingerprint density at radius 2 is 2.23 bits per heavy atom. The number of aryl methyl sites for hydroxylation is 1. The van der Waals surface area contributed by atoms with Gasteiger partial charge in [0.1, 0.15) is 17.7 Å². The van der Waals surface area contributed by atoms with Gasteiger partial charge < -0.3 is 9.64 Å². The number of benzene rings is 1. The molecule has 1 fully saturated rings. The second kappa shape index (κ2) is 6.22. The van der Waals surface area contributed by atoms with Gasteiger partial charge in [-0.1, -0.05) is 17.7 Å². The SMILES string of the molecule is CCn1c(C)nnc1N1CCOC(c2ccc(F)cc2Cl)C1. The third-order valence-electron chi connectivity index (χ3n) is 3.89. The molecule has 0 radical (unpaired) electrons. The lowest BCUT2D eigenvalue weighted by Crippen LogP contribution is -2.40. The molecule has 0 spiro atoms. The number of rotatable bonds is 3. The fourth-order valence-electron chi connectivity index (χ4n) is 2.76. The average molecular weight is 325 g/mol. The van der Waals surface area contributed by atoms with Crippen LogP contribution in [0.15, 0.2) is 18.2 Å². The Morgan fingerprint density at radius 3 is 2.95 bits per heavy atom. The highest BCUT2D eigenvalue weighted by Gasteiger charge is 2.27. The van der Waals surface area contributed by atoms with Crippen molar-refractivity contribution in [2.45, 2.75) is 26.5 Å². The molecule has 22 heavy (non-hydrogen) atoms. The van der Waals surface area contributed by atoms with Gasteiger partial charge in [-0.3, -0.25) is 4.57 Å². The predicted molar refractivity (Wildman–Crippen MR) is 82.7 cm³/mol. The van der Waals surface area contributed by atoms with Gasteiger partial charge in [0.2, 0.25) is 5.95 Å². The van der Waals surface area contributed by atoms with Gasteiger partial charge in [0.15, 0.2) is 0 Å². The number of aromatic nitrogens is 3. The van der Waals surface area contributed by atoms with Gasteiger partial charge in [-0.25, -0.2) is 4.39 Å². The molecule has 118 valence electrons. The molecule has 1 aromatic heterocycles. The lowest BCUT2D eigenvalue weighted by molar-refractivity contribution is 0.0390. The lowest BCUT2D eigenvalue weighted by atomic mass is 10.1. The fraction of sp³-hybridized carbons (Fsp3) is 0.467. The van der Waals surface area contributed by atoms with Crippen LogP contribution in [0.4, 0.5) is 10.3 Å². The Balaban J connectivity index is 1.85. The van der Waals surface area contributed by atoms with Crippen LogP contribution in [-0.2, 0) is 11.3 Å². The first kappa shape index (κ1) is 15.2. The molecule has 3 rings (SSSR count). The quantitative estimate of drug-likeness (QED) is 0.870. The molecule has 1 aliphatic rings. The Labute approximate surface area is 133 Å². The maximum atomic E-state index is 13.2. The molecule has 0 N–H and O–H groups in total. The van der Waals surface area contributed by atoms with Gasteiger partial charge in [0.25, 0.3) is 0 Å². The van der Waals surface area contributed by atoms with Crippen LogP contribution in [0.3, 0.4) is 0 Å². The molecular formula is C15H18ClFN4O. The summed E-state index contributed by atoms with van der Waals surface area (Å²) in [6.45, 7) is 6.74. The first-order valence-corrected chi connectivity index (χ1v) is 7.69. The molecule has 0 bridgehead atoms. The molecular weight excluding hydrogens is 307 g/mol. The number of morpholine rings is 1. The molecule has 1 saturated heterocycles. The monoisotopic (exact) mass is 324 g/mol. The van der Waals surface area contributed by atoms with E-state index in [4.69, 9.17) is 16.3 Å². The summed E-state index contributed by atoms with van der Waals surface area (Å²) >= 11 is 6.15. The van der Waals surface area contributed by atoms with Crippen LogP contribution >= 0.6 is 11.6 Å². The van der Waals surface area contributed by atoms with Crippen LogP contribution < -0.4 is 4.90 Å². The third-order valence-corrected chi connectivity index (χ3v) is 4.22. The van der Waals surface area contributed by atoms with Crippen molar-refractivity contribution in [3.63, 3.8) is 0 Å². The average Bonchev–Trinajstić information content (AvgIpc) is 2.88. The molecule has 2 aromatic rings. The van der Waals surface area contributed by atoms with Crippen molar-refractivity contribution in [2.24, 2.45) is 0 Å². The van der Waals surface area contributed by atoms with Crippen LogP contribution in [0.2, 0.25) is 5.02 Å². The smallest absolute Gasteiger partial charge is 0.227 e. The summed E-state index contributed by atoms with van der Waals surface area (Å²) in [6, 6.07) is 4.40. The molecule has 1 aromatic carbocycles. The molecule has 1 unspecified atom stereocenters. The van der Waals surface area contributed by atoms with Gasteiger partial charge in [-0.2, -0.15) is 0 Å². The van der Waals surface area contributed by atoms with Gasteiger partial charge in [-0.05, 0) is 26.0 Å². The van der Waals surface area contributed by atoms with E-state index in [0.29, 0.717) is 18.2 Å². The van der Waals surface area contributed by atoms with E-state index in [-0.39, 0.29) is 11.9 Å². The number of anilines is 1. The van der Waals surface area contributed by atoms with Gasteiger partial charge in [0.05, 0.1) is 13.2 Å². The van der Waals surface area contributed by atoms with Crippen LogP contribution in [0.5, 0.6) is 0 Å². The maximum Gasteiger partial charge on any atom is 0.227 e. The van der Waals surface area contributed by atoms with Crippen LogP contribution in [0.25, 0.3) is 0 Å². The first-order chi connectivity index (χ1) is 10.6. The normalized spacial score (nSPS) is 18.7. The molecule has 0 aliphatic carbocycles. The predicted octanol–water partition coefficient (Wildman–Crippen LogP) is 2.98. The number of hydrogen-bond donors (Lipinski definition) is 0. The van der Waals surface area contributed by atoms with E-state index in [0.717, 1.165) is 30.4 Å². The minimum absolute atomic E-state index is 0.204. The Hall–Kier alpha value is -1.66. The van der Waals surface area contributed by atoms with E-state index in [1.54, 1.807) is 6.07 Å². The maximum absolute atomic E-state index is 13.2. The van der Waals surface area contributed by atoms with E-state index < -0.39 is 0 Å². The fourth-order valence-corrected chi connectivity index (χ4v) is 3.04. The van der Waals surface area contributed by atoms with Crippen molar-refractivity contribution in [3.8, 4) is 0 Å². The highest BCUT2D eigenvalue weighted by Crippen LogP contribution is 2.30. The van der Waals surface area contributed by atoms with Crippen molar-refractivity contribution >= 4 is 17.5 Å². The van der Waals surface area contributed by atoms with Crippen molar-refractivity contribution in [2.75, 3.05) is 24.6 Å². The van der Waals surface area contributed by atoms with Crippen molar-refractivity contribution in [1.82, 2.24) is 14.8 Å². The van der Waals surface area contributed by atoms with Crippen molar-refractivity contribution in [3.05, 3.63) is 40.4 Å². The first-order valence-electron chi connectivity index (χ1n) is 7.31. The van der Waals surface area contributed by atoms with E-state index in [1.165, 1.54) is 12.1 Å². The van der Waals surface area contributed by atoms with E-state index >= 15 is 0 Å². The zero-order chi connectivity index (χ0) is 15.7. The Morgan fingerprint density at radius 1 is 1.41 bits per heavy atom. The third kappa shape index (κ3) is 2.80. The summed E-state index contributed by atoms with van der Waals surface area (Å²) in [5, 5.41) is 8.80. The molecule has 2 heterocycles. The van der Waals surface area contributed by atoms with Crippen LogP contribution in [-0.4, -0.2) is 34.5 Å². The highest BCUT2D eigenvalue weighted by atomic mass is 35.5. The summed E-state index contributed by atoms with van der Waals surface area (Å²) < 4.78 is 21.1. The van der Waals surface area contributed by atoms with Crippen molar-refractivity contribution in [1.29, 1.82) is 0 Å². The van der Waals surface area contributed by atoms with Crippen LogP contribution in [0, 0.1) is 12.7 Å². The summed E-state index contributed by atoms with van der Waals surface area (Å²) in [4.78, 5) is 2.14. The van der Waals surface area contributed by atoms with Crippen LogP contribution in [0.1, 0.15) is 24.4 Å². The molecule has 1 atom stereocenters. The second-order valence-corrected chi connectivity index (χ2v) is 5.67. The largest absolute Gasteiger partial charge is 0.370 e. The Kier molecular flexibility index (Phi) is 4.31. The number of halogens is 2.